The molecular weight excluding hydrogens is 192 g/mol. The number of benzene rings is 1. The quantitative estimate of drug-likeness (QED) is 0.392. The molecule has 0 saturated carbocycles. The average molecular weight is 208 g/mol. The molecule has 3 nitrogen and oxygen atoms in total. The number of ether oxygens (including phenoxy) is 2. The van der Waals surface area contributed by atoms with Crippen molar-refractivity contribution in [2.45, 2.75) is 26.1 Å². The van der Waals surface area contributed by atoms with Gasteiger partial charge in [-0.15, -0.1) is 0 Å². The first-order valence-corrected chi connectivity index (χ1v) is 5.14. The minimum absolute atomic E-state index is 0.420. The summed E-state index contributed by atoms with van der Waals surface area (Å²) in [6, 6.07) is 9.44. The first kappa shape index (κ1) is 11.7. The molecule has 0 aliphatic rings. The van der Waals surface area contributed by atoms with Crippen LogP contribution in [0.4, 0.5) is 0 Å². The molecular formula is C12H16O3. The molecule has 0 saturated heterocycles. The molecule has 0 heterocycles. The van der Waals surface area contributed by atoms with Crippen LogP contribution in [0.15, 0.2) is 30.3 Å². The van der Waals surface area contributed by atoms with Crippen LogP contribution in [0, 0.1) is 0 Å². The molecule has 0 aliphatic carbocycles. The summed E-state index contributed by atoms with van der Waals surface area (Å²) >= 11 is 0. The van der Waals surface area contributed by atoms with Crippen LogP contribution in [-0.4, -0.2) is 13.1 Å². The largest absolute Gasteiger partial charge is 0.433 e. The van der Waals surface area contributed by atoms with Crippen molar-refractivity contribution in [3.05, 3.63) is 35.9 Å². The molecule has 0 N–H and O–H groups in total. The van der Waals surface area contributed by atoms with Gasteiger partial charge in [0.05, 0.1) is 6.61 Å². The lowest BCUT2D eigenvalue weighted by atomic mass is 10.2. The molecule has 1 atom stereocenters. The van der Waals surface area contributed by atoms with E-state index in [9.17, 15) is 4.79 Å². The molecule has 0 aliphatic heterocycles. The third kappa shape index (κ3) is 4.13. The number of carbonyl (C=O) groups excluding carboxylic acids is 1. The molecule has 0 radical (unpaired) electrons. The van der Waals surface area contributed by atoms with Gasteiger partial charge in [-0.25, -0.2) is 0 Å². The monoisotopic (exact) mass is 208 g/mol. The maximum absolute atomic E-state index is 10.3. The lowest BCUT2D eigenvalue weighted by molar-refractivity contribution is -0.166. The fourth-order valence-corrected chi connectivity index (χ4v) is 1.21. The highest BCUT2D eigenvalue weighted by Crippen LogP contribution is 2.17. The van der Waals surface area contributed by atoms with Gasteiger partial charge in [0, 0.05) is 5.56 Å². The zero-order chi connectivity index (χ0) is 10.9. The standard InChI is InChI=1S/C12H16O3/c1-2-3-9-14-12(15-10-13)11-7-5-4-6-8-11/h4-8,10,12H,2-3,9H2,1H3. The summed E-state index contributed by atoms with van der Waals surface area (Å²) in [6.45, 7) is 3.11. The van der Waals surface area contributed by atoms with Crippen molar-refractivity contribution in [3.8, 4) is 0 Å². The normalized spacial score (nSPS) is 12.1. The first-order chi connectivity index (χ1) is 7.38. The molecule has 15 heavy (non-hydrogen) atoms. The predicted molar refractivity (Wildman–Crippen MR) is 57.2 cm³/mol. The van der Waals surface area contributed by atoms with E-state index < -0.39 is 6.29 Å². The second-order valence-corrected chi connectivity index (χ2v) is 3.20. The Bertz CT molecular complexity index is 271. The Morgan fingerprint density at radius 1 is 1.33 bits per heavy atom. The highest BCUT2D eigenvalue weighted by atomic mass is 16.7. The molecule has 0 amide bonds. The summed E-state index contributed by atoms with van der Waals surface area (Å²) in [7, 11) is 0. The van der Waals surface area contributed by atoms with Crippen molar-refractivity contribution < 1.29 is 14.3 Å². The van der Waals surface area contributed by atoms with Gasteiger partial charge in [-0.05, 0) is 6.42 Å². The highest BCUT2D eigenvalue weighted by Gasteiger charge is 2.11. The molecule has 0 aromatic heterocycles. The fourth-order valence-electron chi connectivity index (χ4n) is 1.21. The summed E-state index contributed by atoms with van der Waals surface area (Å²) in [5.74, 6) is 0. The van der Waals surface area contributed by atoms with Gasteiger partial charge in [0.1, 0.15) is 0 Å². The van der Waals surface area contributed by atoms with E-state index in [0.29, 0.717) is 13.1 Å². The third-order valence-electron chi connectivity index (χ3n) is 2.02. The number of hydrogen-bond acceptors (Lipinski definition) is 3. The Labute approximate surface area is 90.0 Å². The van der Waals surface area contributed by atoms with Gasteiger partial charge in [-0.3, -0.25) is 4.79 Å². The van der Waals surface area contributed by atoms with E-state index in [1.807, 2.05) is 30.3 Å². The SMILES string of the molecule is CCCCOC(OC=O)c1ccccc1. The lowest BCUT2D eigenvalue weighted by Crippen LogP contribution is -2.08. The molecule has 0 fully saturated rings. The van der Waals surface area contributed by atoms with Crippen LogP contribution in [0.1, 0.15) is 31.6 Å². The van der Waals surface area contributed by atoms with E-state index in [1.54, 1.807) is 0 Å². The van der Waals surface area contributed by atoms with Crippen molar-refractivity contribution in [2.75, 3.05) is 6.61 Å². The second-order valence-electron chi connectivity index (χ2n) is 3.20. The van der Waals surface area contributed by atoms with Gasteiger partial charge in [0.25, 0.3) is 6.47 Å². The summed E-state index contributed by atoms with van der Waals surface area (Å²) in [6.07, 6.45) is 1.45. The van der Waals surface area contributed by atoms with E-state index in [2.05, 4.69) is 6.92 Å². The summed E-state index contributed by atoms with van der Waals surface area (Å²) in [4.78, 5) is 10.3. The van der Waals surface area contributed by atoms with Crippen LogP contribution >= 0.6 is 0 Å². The zero-order valence-corrected chi connectivity index (χ0v) is 8.89. The van der Waals surface area contributed by atoms with Crippen molar-refractivity contribution in [3.63, 3.8) is 0 Å². The van der Waals surface area contributed by atoms with E-state index in [4.69, 9.17) is 9.47 Å². The van der Waals surface area contributed by atoms with Gasteiger partial charge in [-0.2, -0.15) is 0 Å². The molecule has 1 aromatic rings. The van der Waals surface area contributed by atoms with Gasteiger partial charge < -0.3 is 9.47 Å². The van der Waals surface area contributed by atoms with Crippen LogP contribution in [0.25, 0.3) is 0 Å². The van der Waals surface area contributed by atoms with E-state index >= 15 is 0 Å². The summed E-state index contributed by atoms with van der Waals surface area (Å²) in [5.41, 5.74) is 0.862. The first-order valence-electron chi connectivity index (χ1n) is 5.14. The molecule has 0 bridgehead atoms. The smallest absolute Gasteiger partial charge is 0.295 e. The van der Waals surface area contributed by atoms with Crippen LogP contribution in [0.2, 0.25) is 0 Å². The average Bonchev–Trinajstić information content (AvgIpc) is 2.29. The topological polar surface area (TPSA) is 35.5 Å². The van der Waals surface area contributed by atoms with Crippen LogP contribution in [0.3, 0.4) is 0 Å². The molecule has 0 spiro atoms. The Kier molecular flexibility index (Phi) is 5.48. The van der Waals surface area contributed by atoms with E-state index in [0.717, 1.165) is 18.4 Å². The number of rotatable bonds is 7. The Morgan fingerprint density at radius 3 is 2.67 bits per heavy atom. The van der Waals surface area contributed by atoms with Crippen LogP contribution < -0.4 is 0 Å². The van der Waals surface area contributed by atoms with E-state index in [1.165, 1.54) is 0 Å². The Morgan fingerprint density at radius 2 is 2.07 bits per heavy atom. The lowest BCUT2D eigenvalue weighted by Gasteiger charge is -2.15. The van der Waals surface area contributed by atoms with Crippen molar-refractivity contribution in [1.29, 1.82) is 0 Å². The minimum atomic E-state index is -0.574. The molecule has 1 rings (SSSR count). The van der Waals surface area contributed by atoms with Crippen molar-refractivity contribution in [1.82, 2.24) is 0 Å². The minimum Gasteiger partial charge on any atom is -0.433 e. The maximum Gasteiger partial charge on any atom is 0.295 e. The van der Waals surface area contributed by atoms with E-state index in [-0.39, 0.29) is 0 Å². The summed E-state index contributed by atoms with van der Waals surface area (Å²) in [5, 5.41) is 0. The fraction of sp³-hybridized carbons (Fsp3) is 0.417. The van der Waals surface area contributed by atoms with Crippen molar-refractivity contribution in [2.24, 2.45) is 0 Å². The van der Waals surface area contributed by atoms with Gasteiger partial charge in [-0.1, -0.05) is 43.7 Å². The number of unbranched alkanes of at least 4 members (excludes halogenated alkanes) is 1. The maximum atomic E-state index is 10.3. The number of carbonyl (C=O) groups is 1. The molecule has 3 heteroatoms. The zero-order valence-electron chi connectivity index (χ0n) is 8.89. The predicted octanol–water partition coefficient (Wildman–Crippen LogP) is 2.67. The Hall–Kier alpha value is -1.35. The van der Waals surface area contributed by atoms with Gasteiger partial charge in [0.2, 0.25) is 6.29 Å². The Balaban J connectivity index is 2.53. The number of hydrogen-bond donors (Lipinski definition) is 0. The third-order valence-corrected chi connectivity index (χ3v) is 2.02. The van der Waals surface area contributed by atoms with Crippen LogP contribution in [0.5, 0.6) is 0 Å². The second kappa shape index (κ2) is 7.01. The molecule has 1 unspecified atom stereocenters. The molecule has 1 aromatic carbocycles. The van der Waals surface area contributed by atoms with Crippen molar-refractivity contribution >= 4 is 6.47 Å². The van der Waals surface area contributed by atoms with Gasteiger partial charge in [0.15, 0.2) is 0 Å². The van der Waals surface area contributed by atoms with Gasteiger partial charge >= 0.3 is 0 Å². The highest BCUT2D eigenvalue weighted by molar-refractivity contribution is 5.38. The van der Waals surface area contributed by atoms with Crippen LogP contribution in [-0.2, 0) is 14.3 Å². The summed E-state index contributed by atoms with van der Waals surface area (Å²) < 4.78 is 10.3. The molecule has 82 valence electrons.